The van der Waals surface area contributed by atoms with Gasteiger partial charge in [0.15, 0.2) is 0 Å². The van der Waals surface area contributed by atoms with E-state index in [1.165, 1.54) is 10.4 Å². The third-order valence-electron chi connectivity index (χ3n) is 5.15. The molecule has 1 unspecified atom stereocenters. The fraction of sp³-hybridized carbons (Fsp3) is 0.625. The summed E-state index contributed by atoms with van der Waals surface area (Å²) in [5, 5.41) is 2.11. The summed E-state index contributed by atoms with van der Waals surface area (Å²) in [6.45, 7) is 1.78. The lowest BCUT2D eigenvalue weighted by atomic mass is 9.96. The van der Waals surface area contributed by atoms with Crippen LogP contribution >= 0.6 is 11.3 Å². The molecule has 2 amide bonds. The first kappa shape index (κ1) is 13.3. The molecule has 1 aromatic rings. The number of carbonyl (C=O) groups excluding carboxylic acids is 2. The summed E-state index contributed by atoms with van der Waals surface area (Å²) < 4.78 is 0. The maximum absolute atomic E-state index is 12.6. The van der Waals surface area contributed by atoms with Crippen molar-refractivity contribution in [2.45, 2.75) is 38.1 Å². The van der Waals surface area contributed by atoms with Crippen molar-refractivity contribution in [3.63, 3.8) is 0 Å². The SMILES string of the molecule is O=C(C1CCCC1)N1CC(=O)N2CCc3sccc3C2C1. The second-order valence-electron chi connectivity index (χ2n) is 6.35. The molecule has 4 nitrogen and oxygen atoms in total. The van der Waals surface area contributed by atoms with Crippen molar-refractivity contribution in [1.82, 2.24) is 9.80 Å². The highest BCUT2D eigenvalue weighted by molar-refractivity contribution is 7.10. The summed E-state index contributed by atoms with van der Waals surface area (Å²) >= 11 is 1.78. The monoisotopic (exact) mass is 304 g/mol. The Morgan fingerprint density at radius 3 is 2.90 bits per heavy atom. The fourth-order valence-electron chi connectivity index (χ4n) is 4.02. The molecule has 1 saturated heterocycles. The van der Waals surface area contributed by atoms with Crippen molar-refractivity contribution in [3.8, 4) is 0 Å². The molecule has 0 aromatic carbocycles. The molecule has 3 aliphatic rings. The minimum Gasteiger partial charge on any atom is -0.332 e. The van der Waals surface area contributed by atoms with Gasteiger partial charge in [0, 0.05) is 23.9 Å². The Hall–Kier alpha value is -1.36. The lowest BCUT2D eigenvalue weighted by Crippen LogP contribution is -2.56. The average Bonchev–Trinajstić information content (AvgIpc) is 3.17. The smallest absolute Gasteiger partial charge is 0.242 e. The predicted octanol–water partition coefficient (Wildman–Crippen LogP) is 2.21. The highest BCUT2D eigenvalue weighted by Crippen LogP contribution is 2.37. The molecule has 0 bridgehead atoms. The Balaban J connectivity index is 1.58. The minimum absolute atomic E-state index is 0.0894. The van der Waals surface area contributed by atoms with Crippen LogP contribution in [0.5, 0.6) is 0 Å². The molecule has 5 heteroatoms. The zero-order valence-electron chi connectivity index (χ0n) is 12.1. The second-order valence-corrected chi connectivity index (χ2v) is 7.35. The van der Waals surface area contributed by atoms with Crippen molar-refractivity contribution in [1.29, 1.82) is 0 Å². The first-order valence-corrected chi connectivity index (χ1v) is 8.76. The van der Waals surface area contributed by atoms with Gasteiger partial charge in [-0.25, -0.2) is 0 Å². The van der Waals surface area contributed by atoms with E-state index >= 15 is 0 Å². The van der Waals surface area contributed by atoms with E-state index in [2.05, 4.69) is 11.4 Å². The Kier molecular flexibility index (Phi) is 3.25. The number of hydrogen-bond donors (Lipinski definition) is 0. The third kappa shape index (κ3) is 2.18. The number of rotatable bonds is 1. The van der Waals surface area contributed by atoms with Crippen LogP contribution < -0.4 is 0 Å². The van der Waals surface area contributed by atoms with Gasteiger partial charge in [-0.3, -0.25) is 9.59 Å². The summed E-state index contributed by atoms with van der Waals surface area (Å²) in [5.74, 6) is 0.493. The van der Waals surface area contributed by atoms with Crippen LogP contribution in [-0.2, 0) is 16.0 Å². The molecule has 21 heavy (non-hydrogen) atoms. The van der Waals surface area contributed by atoms with E-state index in [-0.39, 0.29) is 30.3 Å². The Morgan fingerprint density at radius 2 is 2.10 bits per heavy atom. The summed E-state index contributed by atoms with van der Waals surface area (Å²) in [7, 11) is 0. The molecule has 1 atom stereocenters. The van der Waals surface area contributed by atoms with Crippen LogP contribution in [-0.4, -0.2) is 41.2 Å². The maximum Gasteiger partial charge on any atom is 0.242 e. The summed E-state index contributed by atoms with van der Waals surface area (Å²) in [6, 6.07) is 2.22. The molecule has 0 radical (unpaired) electrons. The molecule has 112 valence electrons. The van der Waals surface area contributed by atoms with Gasteiger partial charge in [0.05, 0.1) is 12.6 Å². The normalized spacial score (nSPS) is 25.9. The zero-order chi connectivity index (χ0) is 14.4. The van der Waals surface area contributed by atoms with Gasteiger partial charge in [-0.1, -0.05) is 12.8 Å². The van der Waals surface area contributed by atoms with Crippen LogP contribution in [0.1, 0.15) is 42.2 Å². The molecule has 2 aliphatic heterocycles. The van der Waals surface area contributed by atoms with E-state index in [0.29, 0.717) is 6.54 Å². The summed E-state index contributed by atoms with van der Waals surface area (Å²) in [6.07, 6.45) is 5.28. The molecule has 1 aliphatic carbocycles. The van der Waals surface area contributed by atoms with E-state index in [4.69, 9.17) is 0 Å². The van der Waals surface area contributed by atoms with Gasteiger partial charge in [-0.05, 0) is 36.3 Å². The highest BCUT2D eigenvalue weighted by Gasteiger charge is 2.40. The van der Waals surface area contributed by atoms with Crippen LogP contribution in [0.2, 0.25) is 0 Å². The lowest BCUT2D eigenvalue weighted by molar-refractivity contribution is -0.151. The Bertz CT molecular complexity index is 577. The summed E-state index contributed by atoms with van der Waals surface area (Å²) in [5.41, 5.74) is 1.27. The standard InChI is InChI=1S/C16H20N2O2S/c19-15-10-17(16(20)11-3-1-2-4-11)9-13-12-6-8-21-14(12)5-7-18(13)15/h6,8,11,13H,1-5,7,9-10H2. The van der Waals surface area contributed by atoms with Gasteiger partial charge in [0.2, 0.25) is 11.8 Å². The first-order valence-electron chi connectivity index (χ1n) is 7.88. The van der Waals surface area contributed by atoms with E-state index in [1.54, 1.807) is 11.3 Å². The molecule has 1 aromatic heterocycles. The maximum atomic E-state index is 12.6. The molecule has 4 rings (SSSR count). The van der Waals surface area contributed by atoms with Gasteiger partial charge in [0.1, 0.15) is 0 Å². The topological polar surface area (TPSA) is 40.6 Å². The number of thiophene rings is 1. The van der Waals surface area contributed by atoms with Crippen molar-refractivity contribution in [2.75, 3.05) is 19.6 Å². The Labute approximate surface area is 128 Å². The van der Waals surface area contributed by atoms with E-state index < -0.39 is 0 Å². The summed E-state index contributed by atoms with van der Waals surface area (Å²) in [4.78, 5) is 30.2. The second kappa shape index (κ2) is 5.13. The number of fused-ring (bicyclic) bond motifs is 3. The van der Waals surface area contributed by atoms with E-state index in [0.717, 1.165) is 38.6 Å². The largest absolute Gasteiger partial charge is 0.332 e. The number of carbonyl (C=O) groups is 2. The van der Waals surface area contributed by atoms with Gasteiger partial charge in [0.25, 0.3) is 0 Å². The van der Waals surface area contributed by atoms with Crippen molar-refractivity contribution < 1.29 is 9.59 Å². The lowest BCUT2D eigenvalue weighted by Gasteiger charge is -2.44. The van der Waals surface area contributed by atoms with Gasteiger partial charge >= 0.3 is 0 Å². The van der Waals surface area contributed by atoms with Crippen LogP contribution in [0.25, 0.3) is 0 Å². The van der Waals surface area contributed by atoms with Crippen LogP contribution in [0.4, 0.5) is 0 Å². The van der Waals surface area contributed by atoms with Crippen molar-refractivity contribution >= 4 is 23.2 Å². The Morgan fingerprint density at radius 1 is 1.29 bits per heavy atom. The number of nitrogens with zero attached hydrogens (tertiary/aromatic N) is 2. The molecule has 1 saturated carbocycles. The molecular weight excluding hydrogens is 284 g/mol. The molecular formula is C16H20N2O2S. The molecule has 0 spiro atoms. The molecule has 3 heterocycles. The van der Waals surface area contributed by atoms with Gasteiger partial charge < -0.3 is 9.80 Å². The van der Waals surface area contributed by atoms with Crippen molar-refractivity contribution in [2.24, 2.45) is 5.92 Å². The minimum atomic E-state index is 0.0894. The van der Waals surface area contributed by atoms with Gasteiger partial charge in [-0.2, -0.15) is 0 Å². The number of piperazine rings is 1. The van der Waals surface area contributed by atoms with Crippen LogP contribution in [0, 0.1) is 5.92 Å². The molecule has 0 N–H and O–H groups in total. The molecule has 2 fully saturated rings. The highest BCUT2D eigenvalue weighted by atomic mass is 32.1. The fourth-order valence-corrected chi connectivity index (χ4v) is 4.95. The number of hydrogen-bond acceptors (Lipinski definition) is 3. The van der Waals surface area contributed by atoms with E-state index in [1.807, 2.05) is 9.80 Å². The van der Waals surface area contributed by atoms with Crippen molar-refractivity contribution in [3.05, 3.63) is 21.9 Å². The van der Waals surface area contributed by atoms with Crippen LogP contribution in [0.15, 0.2) is 11.4 Å². The quantitative estimate of drug-likeness (QED) is 0.798. The van der Waals surface area contributed by atoms with Crippen LogP contribution in [0.3, 0.4) is 0 Å². The van der Waals surface area contributed by atoms with Gasteiger partial charge in [-0.15, -0.1) is 11.3 Å². The average molecular weight is 304 g/mol. The number of amides is 2. The first-order chi connectivity index (χ1) is 10.2. The third-order valence-corrected chi connectivity index (χ3v) is 6.15. The predicted molar refractivity (Wildman–Crippen MR) is 81.0 cm³/mol. The van der Waals surface area contributed by atoms with E-state index in [9.17, 15) is 9.59 Å². The zero-order valence-corrected chi connectivity index (χ0v) is 12.9.